The molecule has 1 nitrogen and oxygen atoms in total. The van der Waals surface area contributed by atoms with Gasteiger partial charge in [-0.05, 0) is 17.0 Å². The quantitative estimate of drug-likeness (QED) is 0.621. The Morgan fingerprint density at radius 2 is 1.67 bits per heavy atom. The van der Waals surface area contributed by atoms with E-state index < -0.39 is 11.9 Å². The van der Waals surface area contributed by atoms with E-state index in [1.807, 2.05) is 20.8 Å². The molecule has 0 saturated heterocycles. The predicted octanol–water partition coefficient (Wildman–Crippen LogP) is 4.05. The number of aromatic nitrogens is 1. The first-order valence-electron chi connectivity index (χ1n) is 4.36. The fourth-order valence-electron chi connectivity index (χ4n) is 1.15. The molecule has 0 atom stereocenters. The van der Waals surface area contributed by atoms with Crippen molar-refractivity contribution < 1.29 is 13.2 Å². The van der Waals surface area contributed by atoms with Gasteiger partial charge in [-0.3, -0.25) is 0 Å². The van der Waals surface area contributed by atoms with Gasteiger partial charge in [-0.1, -0.05) is 38.4 Å². The van der Waals surface area contributed by atoms with Crippen molar-refractivity contribution in [1.82, 2.24) is 4.98 Å². The van der Waals surface area contributed by atoms with Gasteiger partial charge in [0.2, 0.25) is 0 Å². The zero-order chi connectivity index (χ0) is 11.9. The third-order valence-corrected chi connectivity index (χ3v) is 2.24. The van der Waals surface area contributed by atoms with E-state index in [4.69, 9.17) is 11.6 Å². The lowest BCUT2D eigenvalue weighted by Crippen LogP contribution is -2.15. The minimum Gasteiger partial charge on any atom is -0.231 e. The monoisotopic (exact) mass is 237 g/mol. The van der Waals surface area contributed by atoms with Crippen molar-refractivity contribution in [1.29, 1.82) is 0 Å². The molecule has 0 saturated carbocycles. The summed E-state index contributed by atoms with van der Waals surface area (Å²) in [7, 11) is 0. The maximum atomic E-state index is 12.3. The second-order valence-electron chi connectivity index (χ2n) is 4.28. The van der Waals surface area contributed by atoms with Crippen LogP contribution in [0, 0.1) is 0 Å². The number of pyridine rings is 1. The van der Waals surface area contributed by atoms with Crippen molar-refractivity contribution >= 4 is 11.6 Å². The number of alkyl halides is 3. The lowest BCUT2D eigenvalue weighted by Gasteiger charge is -2.20. The molecule has 0 radical (unpaired) electrons. The molecule has 5 heteroatoms. The van der Waals surface area contributed by atoms with Crippen LogP contribution in [0.25, 0.3) is 0 Å². The molecule has 0 bridgehead atoms. The second kappa shape index (κ2) is 3.67. The van der Waals surface area contributed by atoms with Crippen molar-refractivity contribution in [3.05, 3.63) is 28.5 Å². The standard InChI is InChI=1S/C10H11ClF3N/c1-9(2,3)6-4-5-7(10(12,13)14)15-8(6)11/h4-5H,1-3H3. The molecule has 1 aromatic heterocycles. The molecule has 1 aromatic rings. The van der Waals surface area contributed by atoms with E-state index in [2.05, 4.69) is 4.98 Å². The maximum absolute atomic E-state index is 12.3. The molecule has 1 rings (SSSR count). The van der Waals surface area contributed by atoms with Crippen molar-refractivity contribution in [3.8, 4) is 0 Å². The van der Waals surface area contributed by atoms with Crippen LogP contribution < -0.4 is 0 Å². The summed E-state index contributed by atoms with van der Waals surface area (Å²) < 4.78 is 36.8. The molecule has 0 unspecified atom stereocenters. The van der Waals surface area contributed by atoms with Gasteiger partial charge in [0.25, 0.3) is 0 Å². The smallest absolute Gasteiger partial charge is 0.231 e. The molecule has 0 aliphatic rings. The van der Waals surface area contributed by atoms with Crippen molar-refractivity contribution in [3.63, 3.8) is 0 Å². The molecule has 1 heterocycles. The van der Waals surface area contributed by atoms with Gasteiger partial charge in [-0.25, -0.2) is 4.98 Å². The highest BCUT2D eigenvalue weighted by Crippen LogP contribution is 2.33. The normalized spacial score (nSPS) is 13.0. The number of halogens is 4. The van der Waals surface area contributed by atoms with Crippen LogP contribution in [0.2, 0.25) is 5.15 Å². The topological polar surface area (TPSA) is 12.9 Å². The van der Waals surface area contributed by atoms with Crippen LogP contribution in [0.3, 0.4) is 0 Å². The zero-order valence-electron chi connectivity index (χ0n) is 8.61. The summed E-state index contributed by atoms with van der Waals surface area (Å²) in [5, 5.41) is -0.0858. The maximum Gasteiger partial charge on any atom is 0.433 e. The van der Waals surface area contributed by atoms with Gasteiger partial charge >= 0.3 is 6.18 Å². The van der Waals surface area contributed by atoms with Gasteiger partial charge in [0.15, 0.2) is 0 Å². The molecule has 84 valence electrons. The minimum absolute atomic E-state index is 0.0858. The van der Waals surface area contributed by atoms with E-state index in [9.17, 15) is 13.2 Å². The first kappa shape index (κ1) is 12.3. The first-order valence-corrected chi connectivity index (χ1v) is 4.74. The van der Waals surface area contributed by atoms with Gasteiger partial charge < -0.3 is 0 Å². The summed E-state index contributed by atoms with van der Waals surface area (Å²) in [6.45, 7) is 5.59. The molecule has 0 aliphatic heterocycles. The highest BCUT2D eigenvalue weighted by Gasteiger charge is 2.33. The van der Waals surface area contributed by atoms with Gasteiger partial charge in [-0.2, -0.15) is 13.2 Å². The third kappa shape index (κ3) is 2.84. The molecule has 0 fully saturated rings. The minimum atomic E-state index is -4.44. The van der Waals surface area contributed by atoms with Crippen LogP contribution in [-0.2, 0) is 11.6 Å². The predicted molar refractivity (Wildman–Crippen MR) is 52.9 cm³/mol. The Kier molecular flexibility index (Phi) is 3.01. The molecular weight excluding hydrogens is 227 g/mol. The zero-order valence-corrected chi connectivity index (χ0v) is 9.37. The summed E-state index contributed by atoms with van der Waals surface area (Å²) >= 11 is 5.71. The van der Waals surface area contributed by atoms with E-state index in [1.54, 1.807) is 0 Å². The Balaban J connectivity index is 3.21. The Labute approximate surface area is 91.3 Å². The van der Waals surface area contributed by atoms with E-state index in [0.717, 1.165) is 6.07 Å². The highest BCUT2D eigenvalue weighted by molar-refractivity contribution is 6.30. The summed E-state index contributed by atoms with van der Waals surface area (Å²) in [6.07, 6.45) is -4.44. The van der Waals surface area contributed by atoms with Gasteiger partial charge in [0.05, 0.1) is 0 Å². The molecule has 15 heavy (non-hydrogen) atoms. The average molecular weight is 238 g/mol. The van der Waals surface area contributed by atoms with Gasteiger partial charge in [-0.15, -0.1) is 0 Å². The summed E-state index contributed by atoms with van der Waals surface area (Å²) in [6, 6.07) is 2.32. The van der Waals surface area contributed by atoms with Crippen LogP contribution in [0.5, 0.6) is 0 Å². The van der Waals surface area contributed by atoms with Crippen molar-refractivity contribution in [2.45, 2.75) is 32.4 Å². The molecular formula is C10H11ClF3N. The van der Waals surface area contributed by atoms with E-state index in [0.29, 0.717) is 5.56 Å². The SMILES string of the molecule is CC(C)(C)c1ccc(C(F)(F)F)nc1Cl. The lowest BCUT2D eigenvalue weighted by atomic mass is 9.88. The first-order chi connectivity index (χ1) is 6.62. The molecule has 0 aliphatic carbocycles. The van der Waals surface area contributed by atoms with Crippen molar-refractivity contribution in [2.24, 2.45) is 0 Å². The van der Waals surface area contributed by atoms with Gasteiger partial charge in [0, 0.05) is 0 Å². The number of hydrogen-bond donors (Lipinski definition) is 0. The van der Waals surface area contributed by atoms with Crippen LogP contribution in [-0.4, -0.2) is 4.98 Å². The Morgan fingerprint density at radius 1 is 1.13 bits per heavy atom. The average Bonchev–Trinajstić information content (AvgIpc) is 1.99. The van der Waals surface area contributed by atoms with Crippen LogP contribution in [0.4, 0.5) is 13.2 Å². The fraction of sp³-hybridized carbons (Fsp3) is 0.500. The molecule has 0 aromatic carbocycles. The van der Waals surface area contributed by atoms with E-state index >= 15 is 0 Å². The summed E-state index contributed by atoms with van der Waals surface area (Å²) in [4.78, 5) is 3.35. The largest absolute Gasteiger partial charge is 0.433 e. The Bertz CT molecular complexity index is 366. The van der Waals surface area contributed by atoms with Crippen LogP contribution >= 0.6 is 11.6 Å². The molecule has 0 spiro atoms. The molecule has 0 N–H and O–H groups in total. The highest BCUT2D eigenvalue weighted by atomic mass is 35.5. The summed E-state index contributed by atoms with van der Waals surface area (Å²) in [5.74, 6) is 0. The van der Waals surface area contributed by atoms with Gasteiger partial charge in [0.1, 0.15) is 10.8 Å². The van der Waals surface area contributed by atoms with Crippen molar-refractivity contribution in [2.75, 3.05) is 0 Å². The van der Waals surface area contributed by atoms with Crippen LogP contribution in [0.1, 0.15) is 32.0 Å². The van der Waals surface area contributed by atoms with E-state index in [-0.39, 0.29) is 10.6 Å². The Hall–Kier alpha value is -0.770. The van der Waals surface area contributed by atoms with Crippen LogP contribution in [0.15, 0.2) is 12.1 Å². The lowest BCUT2D eigenvalue weighted by molar-refractivity contribution is -0.141. The molecule has 0 amide bonds. The fourth-order valence-corrected chi connectivity index (χ4v) is 1.59. The number of rotatable bonds is 0. The third-order valence-electron chi connectivity index (χ3n) is 1.95. The number of nitrogens with zero attached hydrogens (tertiary/aromatic N) is 1. The Morgan fingerprint density at radius 3 is 2.00 bits per heavy atom. The second-order valence-corrected chi connectivity index (χ2v) is 4.64. The number of hydrogen-bond acceptors (Lipinski definition) is 1. The van der Waals surface area contributed by atoms with E-state index in [1.165, 1.54) is 6.07 Å². The summed E-state index contributed by atoms with van der Waals surface area (Å²) in [5.41, 5.74) is -0.661.